The normalized spacial score (nSPS) is 17.0. The lowest BCUT2D eigenvalue weighted by molar-refractivity contribution is -0.141. The number of rotatable bonds is 5. The molecule has 0 saturated carbocycles. The maximum atomic E-state index is 12.9. The molecule has 1 amide bonds. The summed E-state index contributed by atoms with van der Waals surface area (Å²) in [5.74, 6) is -0.197. The third kappa shape index (κ3) is 3.73. The van der Waals surface area contributed by atoms with Crippen LogP contribution in [-0.4, -0.2) is 39.5 Å². The average Bonchev–Trinajstić information content (AvgIpc) is 3.43. The van der Waals surface area contributed by atoms with Crippen molar-refractivity contribution in [3.05, 3.63) is 64.8 Å². The number of carboxylic acids is 1. The summed E-state index contributed by atoms with van der Waals surface area (Å²) < 4.78 is 10.9. The van der Waals surface area contributed by atoms with E-state index in [0.29, 0.717) is 29.0 Å². The predicted octanol–water partition coefficient (Wildman–Crippen LogP) is 4.16. The van der Waals surface area contributed by atoms with Crippen molar-refractivity contribution in [2.45, 2.75) is 25.3 Å². The zero-order chi connectivity index (χ0) is 22.2. The summed E-state index contributed by atoms with van der Waals surface area (Å²) in [6.07, 6.45) is 0.000421. The molecule has 0 bridgehead atoms. The summed E-state index contributed by atoms with van der Waals surface area (Å²) in [7, 11) is 0. The topological polar surface area (TPSA) is 101 Å². The minimum Gasteiger partial charge on any atom is -0.481 e. The van der Waals surface area contributed by atoms with E-state index in [1.165, 1.54) is 5.01 Å². The Hall–Kier alpha value is -3.65. The number of aliphatic carboxylic acids is 1. The molecular formula is C23H18ClN3O5. The van der Waals surface area contributed by atoms with Crippen LogP contribution in [-0.2, 0) is 9.59 Å². The molecule has 0 fully saturated rings. The number of fused-ring (bicyclic) bond motifs is 2. The number of halogens is 1. The van der Waals surface area contributed by atoms with Gasteiger partial charge in [0.2, 0.25) is 12.7 Å². The van der Waals surface area contributed by atoms with Gasteiger partial charge in [0.25, 0.3) is 0 Å². The number of nitrogens with zero attached hydrogens (tertiary/aromatic N) is 3. The number of carbonyl (C=O) groups is 2. The van der Waals surface area contributed by atoms with Gasteiger partial charge < -0.3 is 14.6 Å². The molecule has 2 aromatic carbocycles. The monoisotopic (exact) mass is 451 g/mol. The third-order valence-electron chi connectivity index (χ3n) is 5.47. The number of benzene rings is 2. The van der Waals surface area contributed by atoms with Crippen LogP contribution in [0.3, 0.4) is 0 Å². The molecule has 9 heteroatoms. The van der Waals surface area contributed by atoms with Crippen LogP contribution < -0.4 is 9.47 Å². The molecule has 5 rings (SSSR count). The van der Waals surface area contributed by atoms with Crippen LogP contribution >= 0.6 is 11.6 Å². The van der Waals surface area contributed by atoms with E-state index in [2.05, 4.69) is 10.1 Å². The van der Waals surface area contributed by atoms with Crippen molar-refractivity contribution in [1.29, 1.82) is 0 Å². The number of carbonyl (C=O) groups excluding carboxylic acids is 1. The van der Waals surface area contributed by atoms with Crippen LogP contribution in [0.15, 0.2) is 53.6 Å². The molecule has 1 aromatic heterocycles. The summed E-state index contributed by atoms with van der Waals surface area (Å²) in [5.41, 5.74) is 2.89. The fourth-order valence-corrected chi connectivity index (χ4v) is 4.18. The molecule has 162 valence electrons. The lowest BCUT2D eigenvalue weighted by atomic mass is 9.98. The number of pyridine rings is 1. The van der Waals surface area contributed by atoms with Crippen LogP contribution in [0.4, 0.5) is 0 Å². The molecule has 2 aliphatic rings. The van der Waals surface area contributed by atoms with Gasteiger partial charge >= 0.3 is 5.97 Å². The van der Waals surface area contributed by atoms with Crippen molar-refractivity contribution >= 4 is 40.1 Å². The second-order valence-electron chi connectivity index (χ2n) is 7.53. The van der Waals surface area contributed by atoms with Crippen LogP contribution in [0.2, 0.25) is 5.15 Å². The van der Waals surface area contributed by atoms with Gasteiger partial charge in [0, 0.05) is 29.9 Å². The highest BCUT2D eigenvalue weighted by molar-refractivity contribution is 6.30. The lowest BCUT2D eigenvalue weighted by Gasteiger charge is -2.23. The van der Waals surface area contributed by atoms with E-state index >= 15 is 0 Å². The first kappa shape index (κ1) is 20.3. The third-order valence-corrected chi connectivity index (χ3v) is 5.78. The summed E-state index contributed by atoms with van der Waals surface area (Å²) in [5, 5.41) is 15.9. The van der Waals surface area contributed by atoms with Gasteiger partial charge in [0.15, 0.2) is 11.5 Å². The van der Waals surface area contributed by atoms with Crippen LogP contribution in [0, 0.1) is 0 Å². The molecule has 8 nitrogen and oxygen atoms in total. The Bertz CT molecular complexity index is 1260. The number of aromatic nitrogens is 1. The average molecular weight is 452 g/mol. The Kier molecular flexibility index (Phi) is 5.14. The fourth-order valence-electron chi connectivity index (χ4n) is 3.91. The Morgan fingerprint density at radius 3 is 2.59 bits per heavy atom. The second-order valence-corrected chi connectivity index (χ2v) is 7.89. The number of ether oxygens (including phenoxy) is 2. The number of carboxylic acid groups (broad SMARTS) is 1. The van der Waals surface area contributed by atoms with Crippen molar-refractivity contribution in [3.8, 4) is 11.5 Å². The van der Waals surface area contributed by atoms with Crippen LogP contribution in [0.1, 0.15) is 36.4 Å². The first-order chi connectivity index (χ1) is 15.5. The van der Waals surface area contributed by atoms with E-state index < -0.39 is 12.0 Å². The molecule has 1 atom stereocenters. The molecule has 0 aliphatic carbocycles. The van der Waals surface area contributed by atoms with Gasteiger partial charge in [-0.2, -0.15) is 5.10 Å². The number of hydrogen-bond donors (Lipinski definition) is 1. The highest BCUT2D eigenvalue weighted by atomic mass is 35.5. The Morgan fingerprint density at radius 2 is 1.84 bits per heavy atom. The van der Waals surface area contributed by atoms with Crippen molar-refractivity contribution in [1.82, 2.24) is 9.99 Å². The zero-order valence-corrected chi connectivity index (χ0v) is 17.6. The minimum absolute atomic E-state index is 0.148. The van der Waals surface area contributed by atoms with E-state index in [9.17, 15) is 9.59 Å². The van der Waals surface area contributed by atoms with Crippen molar-refractivity contribution < 1.29 is 24.2 Å². The van der Waals surface area contributed by atoms with Gasteiger partial charge in [-0.05, 0) is 17.7 Å². The number of hydrazone groups is 1. The summed E-state index contributed by atoms with van der Waals surface area (Å²) in [6.45, 7) is 0.148. The first-order valence-electron chi connectivity index (χ1n) is 10.1. The van der Waals surface area contributed by atoms with E-state index in [1.807, 2.05) is 42.5 Å². The molecule has 3 aromatic rings. The number of hydrogen-bond acceptors (Lipinski definition) is 6. The van der Waals surface area contributed by atoms with Crippen molar-refractivity contribution in [2.24, 2.45) is 5.10 Å². The highest BCUT2D eigenvalue weighted by Crippen LogP contribution is 2.40. The summed E-state index contributed by atoms with van der Waals surface area (Å²) in [6, 6.07) is 14.5. The van der Waals surface area contributed by atoms with E-state index in [4.69, 9.17) is 26.2 Å². The molecule has 0 radical (unpaired) electrons. The molecule has 3 heterocycles. The quantitative estimate of drug-likeness (QED) is 0.584. The Morgan fingerprint density at radius 1 is 1.09 bits per heavy atom. The number of amides is 1. The van der Waals surface area contributed by atoms with Crippen LogP contribution in [0.5, 0.6) is 11.5 Å². The minimum atomic E-state index is -1.04. The standard InChI is InChI=1S/C23H18ClN3O5/c24-23-15(8-14-9-19-20(32-12-31-19)11-16(14)25-23)18-10-17(13-4-2-1-3-5-13)26-27(18)21(28)6-7-22(29)30/h1-5,8-9,11,18H,6-7,10,12H2,(H,29,30). The fraction of sp³-hybridized carbons (Fsp3) is 0.217. The highest BCUT2D eigenvalue weighted by Gasteiger charge is 2.35. The summed E-state index contributed by atoms with van der Waals surface area (Å²) >= 11 is 6.56. The van der Waals surface area contributed by atoms with E-state index in [-0.39, 0.29) is 30.7 Å². The second kappa shape index (κ2) is 8.12. The molecule has 0 spiro atoms. The van der Waals surface area contributed by atoms with Gasteiger partial charge in [-0.1, -0.05) is 41.9 Å². The van der Waals surface area contributed by atoms with Gasteiger partial charge in [-0.25, -0.2) is 9.99 Å². The first-order valence-corrected chi connectivity index (χ1v) is 10.4. The predicted molar refractivity (Wildman–Crippen MR) is 117 cm³/mol. The van der Waals surface area contributed by atoms with Gasteiger partial charge in [0.1, 0.15) is 5.15 Å². The smallest absolute Gasteiger partial charge is 0.303 e. The molecule has 2 aliphatic heterocycles. The Labute approximate surface area is 188 Å². The van der Waals surface area contributed by atoms with Crippen molar-refractivity contribution in [3.63, 3.8) is 0 Å². The van der Waals surface area contributed by atoms with E-state index in [1.54, 1.807) is 6.07 Å². The van der Waals surface area contributed by atoms with E-state index in [0.717, 1.165) is 16.7 Å². The Balaban J connectivity index is 1.54. The largest absolute Gasteiger partial charge is 0.481 e. The van der Waals surface area contributed by atoms with Gasteiger partial charge in [0.05, 0.1) is 23.7 Å². The molecule has 1 N–H and O–H groups in total. The molecule has 0 saturated heterocycles. The van der Waals surface area contributed by atoms with Crippen molar-refractivity contribution in [2.75, 3.05) is 6.79 Å². The summed E-state index contributed by atoms with van der Waals surface area (Å²) in [4.78, 5) is 28.4. The SMILES string of the molecule is O=C(O)CCC(=O)N1N=C(c2ccccc2)CC1c1cc2cc3c(cc2nc1Cl)OCO3. The molecule has 1 unspecified atom stereocenters. The maximum Gasteiger partial charge on any atom is 0.303 e. The lowest BCUT2D eigenvalue weighted by Crippen LogP contribution is -2.27. The zero-order valence-electron chi connectivity index (χ0n) is 16.8. The van der Waals surface area contributed by atoms with Gasteiger partial charge in [-0.3, -0.25) is 9.59 Å². The molecule has 32 heavy (non-hydrogen) atoms. The molecular weight excluding hydrogens is 434 g/mol. The van der Waals surface area contributed by atoms with Gasteiger partial charge in [-0.15, -0.1) is 0 Å². The maximum absolute atomic E-state index is 12.9. The van der Waals surface area contributed by atoms with Crippen LogP contribution in [0.25, 0.3) is 10.9 Å².